The third-order valence-electron chi connectivity index (χ3n) is 3.85. The summed E-state index contributed by atoms with van der Waals surface area (Å²) in [4.78, 5) is 16.1. The summed E-state index contributed by atoms with van der Waals surface area (Å²) >= 11 is 0. The van der Waals surface area contributed by atoms with Crippen LogP contribution in [0.3, 0.4) is 0 Å². The Morgan fingerprint density at radius 1 is 1.42 bits per heavy atom. The zero-order chi connectivity index (χ0) is 14.0. The van der Waals surface area contributed by atoms with E-state index in [2.05, 4.69) is 11.0 Å². The van der Waals surface area contributed by atoms with Gasteiger partial charge in [0.25, 0.3) is 0 Å². The topological polar surface area (TPSA) is 49.6 Å². The average Bonchev–Trinajstić information content (AvgIpc) is 2.37. The predicted molar refractivity (Wildman–Crippen MR) is 77.7 cm³/mol. The molecule has 1 aliphatic heterocycles. The van der Waals surface area contributed by atoms with Crippen LogP contribution in [0.2, 0.25) is 0 Å². The van der Waals surface area contributed by atoms with Crippen LogP contribution in [0.1, 0.15) is 25.0 Å². The van der Waals surface area contributed by atoms with Gasteiger partial charge in [-0.3, -0.25) is 9.69 Å². The maximum Gasteiger partial charge on any atom is 0.236 e. The molecule has 2 N–H and O–H groups in total. The van der Waals surface area contributed by atoms with Crippen molar-refractivity contribution in [3.63, 3.8) is 0 Å². The minimum absolute atomic E-state index is 0.183. The number of hydrogen-bond donors (Lipinski definition) is 1. The fraction of sp³-hybridized carbons (Fsp3) is 0.533. The summed E-state index contributed by atoms with van der Waals surface area (Å²) in [6.07, 6.45) is 0.994. The minimum atomic E-state index is 0.183. The average molecular weight is 261 g/mol. The fourth-order valence-electron chi connectivity index (χ4n) is 2.36. The minimum Gasteiger partial charge on any atom is -0.399 e. The van der Waals surface area contributed by atoms with E-state index < -0.39 is 0 Å². The van der Waals surface area contributed by atoms with Gasteiger partial charge in [0.05, 0.1) is 6.54 Å². The molecule has 0 atom stereocenters. The second-order valence-electron chi connectivity index (χ2n) is 5.59. The van der Waals surface area contributed by atoms with Crippen LogP contribution in [0, 0.1) is 0 Å². The standard InChI is InChI=1S/C15H23N3O/c1-11(2)17(3)15(19)10-18-7-6-12-4-5-14(16)8-13(12)9-18/h4-5,8,11H,6-7,9-10,16H2,1-3H3. The summed E-state index contributed by atoms with van der Waals surface area (Å²) in [5.74, 6) is 0.183. The van der Waals surface area contributed by atoms with E-state index in [0.717, 1.165) is 25.2 Å². The monoisotopic (exact) mass is 261 g/mol. The molecule has 104 valence electrons. The highest BCUT2D eigenvalue weighted by Crippen LogP contribution is 2.21. The smallest absolute Gasteiger partial charge is 0.236 e. The summed E-state index contributed by atoms with van der Waals surface area (Å²) in [5, 5.41) is 0. The molecular weight excluding hydrogens is 238 g/mol. The van der Waals surface area contributed by atoms with E-state index in [1.165, 1.54) is 11.1 Å². The van der Waals surface area contributed by atoms with Crippen LogP contribution in [0.5, 0.6) is 0 Å². The number of carbonyl (C=O) groups excluding carboxylic acids is 1. The summed E-state index contributed by atoms with van der Waals surface area (Å²) in [7, 11) is 1.86. The lowest BCUT2D eigenvalue weighted by Crippen LogP contribution is -2.43. The normalized spacial score (nSPS) is 15.4. The maximum atomic E-state index is 12.1. The van der Waals surface area contributed by atoms with Gasteiger partial charge in [-0.2, -0.15) is 0 Å². The molecule has 0 bridgehead atoms. The number of anilines is 1. The molecule has 0 unspecified atom stereocenters. The lowest BCUT2D eigenvalue weighted by atomic mass is 9.99. The highest BCUT2D eigenvalue weighted by atomic mass is 16.2. The van der Waals surface area contributed by atoms with E-state index in [9.17, 15) is 4.79 Å². The van der Waals surface area contributed by atoms with E-state index in [1.54, 1.807) is 4.90 Å². The lowest BCUT2D eigenvalue weighted by Gasteiger charge is -2.31. The van der Waals surface area contributed by atoms with Crippen LogP contribution in [0.25, 0.3) is 0 Å². The quantitative estimate of drug-likeness (QED) is 0.839. The Morgan fingerprint density at radius 3 is 2.84 bits per heavy atom. The number of nitrogen functional groups attached to an aromatic ring is 1. The zero-order valence-corrected chi connectivity index (χ0v) is 12.0. The van der Waals surface area contributed by atoms with Crippen LogP contribution in [-0.4, -0.2) is 41.9 Å². The van der Waals surface area contributed by atoms with E-state index in [1.807, 2.05) is 33.0 Å². The Labute approximate surface area is 115 Å². The van der Waals surface area contributed by atoms with Gasteiger partial charge in [-0.25, -0.2) is 0 Å². The molecule has 4 heteroatoms. The van der Waals surface area contributed by atoms with Gasteiger partial charge in [-0.1, -0.05) is 6.07 Å². The number of benzene rings is 1. The number of nitrogens with zero attached hydrogens (tertiary/aromatic N) is 2. The van der Waals surface area contributed by atoms with E-state index in [-0.39, 0.29) is 11.9 Å². The second-order valence-corrected chi connectivity index (χ2v) is 5.59. The first kappa shape index (κ1) is 13.9. The molecule has 0 saturated heterocycles. The van der Waals surface area contributed by atoms with Crippen LogP contribution in [0.15, 0.2) is 18.2 Å². The molecule has 0 saturated carbocycles. The highest BCUT2D eigenvalue weighted by Gasteiger charge is 2.20. The van der Waals surface area contributed by atoms with Crippen molar-refractivity contribution in [1.82, 2.24) is 9.80 Å². The van der Waals surface area contributed by atoms with Crippen molar-refractivity contribution < 1.29 is 4.79 Å². The molecule has 1 aromatic rings. The van der Waals surface area contributed by atoms with Gasteiger partial charge in [0.2, 0.25) is 5.91 Å². The molecule has 0 fully saturated rings. The van der Waals surface area contributed by atoms with E-state index >= 15 is 0 Å². The van der Waals surface area contributed by atoms with Crippen molar-refractivity contribution in [2.24, 2.45) is 0 Å². The molecular formula is C15H23N3O. The van der Waals surface area contributed by atoms with Gasteiger partial charge < -0.3 is 10.6 Å². The van der Waals surface area contributed by atoms with Crippen LogP contribution < -0.4 is 5.73 Å². The number of hydrogen-bond acceptors (Lipinski definition) is 3. The molecule has 0 aliphatic carbocycles. The van der Waals surface area contributed by atoms with Crippen molar-refractivity contribution in [3.8, 4) is 0 Å². The molecule has 0 aromatic heterocycles. The first-order valence-corrected chi connectivity index (χ1v) is 6.82. The Kier molecular flexibility index (Phi) is 4.10. The first-order chi connectivity index (χ1) is 8.97. The molecule has 1 aromatic carbocycles. The van der Waals surface area contributed by atoms with E-state index in [0.29, 0.717) is 6.54 Å². The second kappa shape index (κ2) is 5.61. The number of likely N-dealkylation sites (N-methyl/N-ethyl adjacent to an activating group) is 1. The first-order valence-electron chi connectivity index (χ1n) is 6.82. The van der Waals surface area contributed by atoms with Crippen molar-refractivity contribution in [2.45, 2.75) is 32.9 Å². The number of rotatable bonds is 3. The Balaban J connectivity index is 2.00. The SMILES string of the molecule is CC(C)N(C)C(=O)CN1CCc2ccc(N)cc2C1. The summed E-state index contributed by atoms with van der Waals surface area (Å²) in [6.45, 7) is 6.31. The number of nitrogens with two attached hydrogens (primary N) is 1. The van der Waals surface area contributed by atoms with Gasteiger partial charge in [0.1, 0.15) is 0 Å². The van der Waals surface area contributed by atoms with Gasteiger partial charge in [0, 0.05) is 31.9 Å². The van der Waals surface area contributed by atoms with Crippen molar-refractivity contribution in [1.29, 1.82) is 0 Å². The van der Waals surface area contributed by atoms with Crippen LogP contribution in [-0.2, 0) is 17.8 Å². The third-order valence-corrected chi connectivity index (χ3v) is 3.85. The molecule has 2 rings (SSSR count). The Bertz CT molecular complexity index is 470. The molecule has 19 heavy (non-hydrogen) atoms. The van der Waals surface area contributed by atoms with E-state index in [4.69, 9.17) is 5.73 Å². The summed E-state index contributed by atoms with van der Waals surface area (Å²) < 4.78 is 0. The summed E-state index contributed by atoms with van der Waals surface area (Å²) in [6, 6.07) is 6.33. The molecule has 1 aliphatic rings. The van der Waals surface area contributed by atoms with Crippen molar-refractivity contribution in [3.05, 3.63) is 29.3 Å². The van der Waals surface area contributed by atoms with Crippen molar-refractivity contribution >= 4 is 11.6 Å². The molecule has 1 amide bonds. The Morgan fingerprint density at radius 2 is 2.16 bits per heavy atom. The third kappa shape index (κ3) is 3.26. The zero-order valence-electron chi connectivity index (χ0n) is 12.0. The highest BCUT2D eigenvalue weighted by molar-refractivity contribution is 5.78. The van der Waals surface area contributed by atoms with Gasteiger partial charge >= 0.3 is 0 Å². The van der Waals surface area contributed by atoms with Gasteiger partial charge in [0.15, 0.2) is 0 Å². The van der Waals surface area contributed by atoms with Crippen molar-refractivity contribution in [2.75, 3.05) is 25.9 Å². The number of amides is 1. The molecule has 0 radical (unpaired) electrons. The number of carbonyl (C=O) groups is 1. The van der Waals surface area contributed by atoms with Gasteiger partial charge in [-0.05, 0) is 43.5 Å². The molecule has 4 nitrogen and oxygen atoms in total. The largest absolute Gasteiger partial charge is 0.399 e. The Hall–Kier alpha value is -1.55. The van der Waals surface area contributed by atoms with Gasteiger partial charge in [-0.15, -0.1) is 0 Å². The summed E-state index contributed by atoms with van der Waals surface area (Å²) in [5.41, 5.74) is 9.23. The van der Waals surface area contributed by atoms with Crippen LogP contribution >= 0.6 is 0 Å². The fourth-order valence-corrected chi connectivity index (χ4v) is 2.36. The lowest BCUT2D eigenvalue weighted by molar-refractivity contribution is -0.132. The predicted octanol–water partition coefficient (Wildman–Crippen LogP) is 1.49. The number of fused-ring (bicyclic) bond motifs is 1. The van der Waals surface area contributed by atoms with Crippen LogP contribution in [0.4, 0.5) is 5.69 Å². The molecule has 1 heterocycles. The maximum absolute atomic E-state index is 12.1. The molecule has 0 spiro atoms.